The van der Waals surface area contributed by atoms with Crippen LogP contribution in [0.4, 0.5) is 8.78 Å². The van der Waals surface area contributed by atoms with Crippen LogP contribution in [0.25, 0.3) is 22.8 Å². The number of nitrogens with zero attached hydrogens (tertiary/aromatic N) is 5. The smallest absolute Gasteiger partial charge is 0.358 e. The first kappa shape index (κ1) is 33.7. The molecule has 1 N–H and O–H groups in total. The van der Waals surface area contributed by atoms with Crippen molar-refractivity contribution in [1.29, 1.82) is 0 Å². The molecule has 17 heteroatoms. The van der Waals surface area contributed by atoms with Crippen molar-refractivity contribution in [3.05, 3.63) is 84.2 Å². The number of halogens is 4. The predicted molar refractivity (Wildman–Crippen MR) is 175 cm³/mol. The van der Waals surface area contributed by atoms with E-state index in [1.165, 1.54) is 37.7 Å². The molecular formula is C31H25Br2F2N5O7S. The van der Waals surface area contributed by atoms with Gasteiger partial charge in [-0.3, -0.25) is 0 Å². The molecule has 0 fully saturated rings. The Balaban J connectivity index is 0.000000177. The molecule has 2 aliphatic rings. The predicted octanol–water partition coefficient (Wildman–Crippen LogP) is 6.11. The number of aromatic nitrogens is 5. The van der Waals surface area contributed by atoms with Crippen LogP contribution in [0.3, 0.4) is 0 Å². The third-order valence-corrected chi connectivity index (χ3v) is 9.73. The molecule has 5 heterocycles. The number of aryl methyl sites for hydroxylation is 1. The lowest BCUT2D eigenvalue weighted by Crippen LogP contribution is -2.16. The number of ether oxygens (including phenoxy) is 4. The Bertz CT molecular complexity index is 2060. The second kappa shape index (κ2) is 13.7. The number of aliphatic hydroxyl groups excluding tert-OH is 1. The zero-order chi connectivity index (χ0) is 34.3. The maximum atomic E-state index is 14.0. The standard InChI is InChI=1S/C18H15BrFN3O4S.C13H10BrFN2O3/c1-8-16(28-7-21-8)15(24)14-13(18(25)26-2)22-17-9-5-10(19)11(20)6-12(9)27-4-3-23(14)17;1-19-13(18)10-6-17-2-3-20-11-5-9(15)8(14)4-7(11)12(17)16-10/h5-7,15,24H,3-4H2,1-2H3;4-6H,2-3H2,1H3. The van der Waals surface area contributed by atoms with Gasteiger partial charge in [-0.1, -0.05) is 0 Å². The van der Waals surface area contributed by atoms with E-state index in [1.807, 2.05) is 0 Å². The highest BCUT2D eigenvalue weighted by Crippen LogP contribution is 2.40. The second-order valence-corrected chi connectivity index (χ2v) is 13.0. The zero-order valence-corrected chi connectivity index (χ0v) is 29.4. The van der Waals surface area contributed by atoms with E-state index in [0.717, 1.165) is 0 Å². The summed E-state index contributed by atoms with van der Waals surface area (Å²) >= 11 is 7.60. The Kier molecular flexibility index (Phi) is 9.64. The first-order valence-electron chi connectivity index (χ1n) is 14.2. The van der Waals surface area contributed by atoms with Gasteiger partial charge in [0.1, 0.15) is 54.1 Å². The van der Waals surface area contributed by atoms with Crippen LogP contribution in [0, 0.1) is 18.6 Å². The van der Waals surface area contributed by atoms with Gasteiger partial charge in [-0.2, -0.15) is 0 Å². The van der Waals surface area contributed by atoms with Gasteiger partial charge in [0.25, 0.3) is 0 Å². The molecule has 0 aliphatic carbocycles. The molecule has 3 aromatic heterocycles. The molecule has 0 saturated carbocycles. The fourth-order valence-electron chi connectivity index (χ4n) is 5.27. The molecule has 0 spiro atoms. The Morgan fingerprint density at radius 1 is 0.938 bits per heavy atom. The molecule has 12 nitrogen and oxygen atoms in total. The van der Waals surface area contributed by atoms with Gasteiger partial charge in [-0.15, -0.1) is 11.3 Å². The number of fused-ring (bicyclic) bond motifs is 6. The highest BCUT2D eigenvalue weighted by molar-refractivity contribution is 9.10. The van der Waals surface area contributed by atoms with Crippen LogP contribution in [-0.2, 0) is 22.6 Å². The number of imidazole rings is 2. The fourth-order valence-corrected chi connectivity index (χ4v) is 6.74. The molecule has 2 aromatic carbocycles. The van der Waals surface area contributed by atoms with Gasteiger partial charge in [0, 0.05) is 18.3 Å². The molecule has 48 heavy (non-hydrogen) atoms. The molecule has 1 unspecified atom stereocenters. The van der Waals surface area contributed by atoms with E-state index < -0.39 is 29.7 Å². The Morgan fingerprint density at radius 3 is 2.12 bits per heavy atom. The van der Waals surface area contributed by atoms with E-state index in [-0.39, 0.29) is 22.5 Å². The van der Waals surface area contributed by atoms with Crippen molar-refractivity contribution in [3.63, 3.8) is 0 Å². The van der Waals surface area contributed by atoms with E-state index in [0.29, 0.717) is 74.7 Å². The summed E-state index contributed by atoms with van der Waals surface area (Å²) < 4.78 is 52.3. The molecule has 0 amide bonds. The minimum atomic E-state index is -1.12. The van der Waals surface area contributed by atoms with E-state index >= 15 is 0 Å². The van der Waals surface area contributed by atoms with Crippen LogP contribution >= 0.6 is 43.2 Å². The average Bonchev–Trinajstić information content (AvgIpc) is 3.75. The number of hydrogen-bond acceptors (Lipinski definition) is 11. The maximum absolute atomic E-state index is 14.0. The van der Waals surface area contributed by atoms with Crippen molar-refractivity contribution in [3.8, 4) is 34.3 Å². The van der Waals surface area contributed by atoms with Crippen molar-refractivity contribution in [2.24, 2.45) is 0 Å². The van der Waals surface area contributed by atoms with Gasteiger partial charge in [-0.25, -0.2) is 33.3 Å². The van der Waals surface area contributed by atoms with Crippen molar-refractivity contribution >= 4 is 55.1 Å². The van der Waals surface area contributed by atoms with Crippen LogP contribution in [0.1, 0.15) is 43.3 Å². The Labute approximate surface area is 292 Å². The summed E-state index contributed by atoms with van der Waals surface area (Å²) in [5.41, 5.74) is 3.96. The number of carbonyl (C=O) groups is 2. The van der Waals surface area contributed by atoms with E-state index in [1.54, 1.807) is 39.9 Å². The van der Waals surface area contributed by atoms with Gasteiger partial charge < -0.3 is 33.2 Å². The third kappa shape index (κ3) is 6.22. The van der Waals surface area contributed by atoms with Crippen LogP contribution in [0.2, 0.25) is 0 Å². The molecule has 7 rings (SSSR count). The lowest BCUT2D eigenvalue weighted by atomic mass is 10.1. The molecule has 250 valence electrons. The number of carbonyl (C=O) groups excluding carboxylic acids is 2. The van der Waals surface area contributed by atoms with Gasteiger partial charge in [-0.05, 0) is 50.9 Å². The third-order valence-electron chi connectivity index (χ3n) is 7.54. The highest BCUT2D eigenvalue weighted by atomic mass is 79.9. The molecule has 0 saturated heterocycles. The van der Waals surface area contributed by atoms with Crippen molar-refractivity contribution in [1.82, 2.24) is 24.1 Å². The number of hydrogen-bond donors (Lipinski definition) is 1. The SMILES string of the molecule is COC(=O)c1cn2c(n1)-c1cc(Br)c(F)cc1OCC2.COC(=O)c1nc2n(c1C(O)c1scnc1C)CCOc1cc(F)c(Br)cc1-2. The minimum absolute atomic E-state index is 0.00565. The van der Waals surface area contributed by atoms with E-state index in [2.05, 4.69) is 51.5 Å². The summed E-state index contributed by atoms with van der Waals surface area (Å²) in [6.07, 6.45) is 0.491. The van der Waals surface area contributed by atoms with Crippen LogP contribution < -0.4 is 9.47 Å². The number of methoxy groups -OCH3 is 2. The topological polar surface area (TPSA) is 140 Å². The first-order chi connectivity index (χ1) is 23.0. The molecule has 0 radical (unpaired) electrons. The zero-order valence-electron chi connectivity index (χ0n) is 25.4. The maximum Gasteiger partial charge on any atom is 0.358 e. The lowest BCUT2D eigenvalue weighted by molar-refractivity contribution is 0.0582. The average molecular weight is 809 g/mol. The van der Waals surface area contributed by atoms with Crippen LogP contribution in [0.15, 0.2) is 44.9 Å². The van der Waals surface area contributed by atoms with Gasteiger partial charge in [0.2, 0.25) is 0 Å². The summed E-state index contributed by atoms with van der Waals surface area (Å²) in [5.74, 6) is -0.371. The van der Waals surface area contributed by atoms with E-state index in [9.17, 15) is 23.5 Å². The van der Waals surface area contributed by atoms with Gasteiger partial charge in [0.05, 0.1) is 69.2 Å². The van der Waals surface area contributed by atoms with Gasteiger partial charge in [0.15, 0.2) is 11.4 Å². The summed E-state index contributed by atoms with van der Waals surface area (Å²) in [6.45, 7) is 3.22. The fraction of sp³-hybridized carbons (Fsp3) is 0.258. The van der Waals surface area contributed by atoms with E-state index in [4.69, 9.17) is 14.2 Å². The summed E-state index contributed by atoms with van der Waals surface area (Å²) in [4.78, 5) is 37.4. The number of rotatable bonds is 4. The van der Waals surface area contributed by atoms with Crippen LogP contribution in [-0.4, -0.2) is 68.6 Å². The van der Waals surface area contributed by atoms with Crippen molar-refractivity contribution in [2.45, 2.75) is 26.1 Å². The molecular weight excluding hydrogens is 784 g/mol. The normalized spacial score (nSPS) is 13.5. The second-order valence-electron chi connectivity index (χ2n) is 10.4. The molecule has 0 bridgehead atoms. The quantitative estimate of drug-likeness (QED) is 0.212. The molecule has 1 atom stereocenters. The number of benzene rings is 2. The van der Waals surface area contributed by atoms with Crippen LogP contribution in [0.5, 0.6) is 11.5 Å². The Hall–Kier alpha value is -4.19. The van der Waals surface area contributed by atoms with Crippen molar-refractivity contribution < 1.29 is 42.4 Å². The monoisotopic (exact) mass is 807 g/mol. The lowest BCUT2D eigenvalue weighted by Gasteiger charge is -2.15. The largest absolute Gasteiger partial charge is 0.491 e. The number of esters is 2. The minimum Gasteiger partial charge on any atom is -0.491 e. The molecule has 2 aliphatic heterocycles. The van der Waals surface area contributed by atoms with Crippen molar-refractivity contribution in [2.75, 3.05) is 27.4 Å². The number of thiazole rings is 1. The number of aliphatic hydroxyl groups is 1. The summed E-state index contributed by atoms with van der Waals surface area (Å²) in [5, 5.41) is 11.1. The summed E-state index contributed by atoms with van der Waals surface area (Å²) in [7, 11) is 2.56. The Morgan fingerprint density at radius 2 is 1.54 bits per heavy atom. The highest BCUT2D eigenvalue weighted by Gasteiger charge is 2.33. The summed E-state index contributed by atoms with van der Waals surface area (Å²) in [6, 6.07) is 5.71. The first-order valence-corrected chi connectivity index (χ1v) is 16.7. The molecule has 5 aromatic rings. The van der Waals surface area contributed by atoms with Gasteiger partial charge >= 0.3 is 11.9 Å².